The largest absolute Gasteiger partial charge is 0.353 e. The number of piperazine rings is 1. The van der Waals surface area contributed by atoms with Gasteiger partial charge in [0.2, 0.25) is 0 Å². The lowest BCUT2D eigenvalue weighted by atomic mass is 10.1. The number of hydrogen-bond donors (Lipinski definition) is 3. The third-order valence-corrected chi connectivity index (χ3v) is 5.29. The van der Waals surface area contributed by atoms with Crippen LogP contribution in [0.1, 0.15) is 10.4 Å². The van der Waals surface area contributed by atoms with Crippen molar-refractivity contribution >= 4 is 39.3 Å². The number of nitrogens with one attached hydrogen (secondary N) is 3. The van der Waals surface area contributed by atoms with Crippen LogP contribution in [0.15, 0.2) is 42.5 Å². The van der Waals surface area contributed by atoms with Crippen molar-refractivity contribution < 1.29 is 4.79 Å². The molecule has 1 aliphatic heterocycles. The molecular formula is C20H18ClN5O. The number of nitrogens with zero attached hydrogens (tertiary/aromatic N) is 2. The van der Waals surface area contributed by atoms with Gasteiger partial charge in [-0.3, -0.25) is 9.89 Å². The lowest BCUT2D eigenvalue weighted by Gasteiger charge is -2.27. The third kappa shape index (κ3) is 2.87. The first-order chi connectivity index (χ1) is 13.2. The van der Waals surface area contributed by atoms with Gasteiger partial charge in [-0.1, -0.05) is 11.6 Å². The highest BCUT2D eigenvalue weighted by atomic mass is 35.5. The first-order valence-corrected chi connectivity index (χ1v) is 9.33. The Balaban J connectivity index is 1.52. The van der Waals surface area contributed by atoms with E-state index in [0.717, 1.165) is 59.4 Å². The summed E-state index contributed by atoms with van der Waals surface area (Å²) in [4.78, 5) is 18.0. The summed E-state index contributed by atoms with van der Waals surface area (Å²) >= 11 is 6.05. The van der Waals surface area contributed by atoms with Crippen molar-refractivity contribution in [2.24, 2.45) is 0 Å². The van der Waals surface area contributed by atoms with E-state index in [1.165, 1.54) is 0 Å². The summed E-state index contributed by atoms with van der Waals surface area (Å²) in [5, 5.41) is 13.4. The minimum Gasteiger partial charge on any atom is -0.353 e. The van der Waals surface area contributed by atoms with E-state index in [-0.39, 0.29) is 5.91 Å². The van der Waals surface area contributed by atoms with Crippen molar-refractivity contribution in [1.82, 2.24) is 25.4 Å². The Morgan fingerprint density at radius 3 is 2.74 bits per heavy atom. The number of halogens is 1. The van der Waals surface area contributed by atoms with Crippen LogP contribution in [-0.4, -0.2) is 52.2 Å². The predicted octanol–water partition coefficient (Wildman–Crippen LogP) is 3.41. The van der Waals surface area contributed by atoms with Crippen molar-refractivity contribution in [3.63, 3.8) is 0 Å². The van der Waals surface area contributed by atoms with Crippen LogP contribution in [-0.2, 0) is 0 Å². The molecule has 0 atom stereocenters. The zero-order valence-electron chi connectivity index (χ0n) is 14.6. The van der Waals surface area contributed by atoms with Gasteiger partial charge in [0.1, 0.15) is 5.69 Å². The molecule has 1 aliphatic rings. The molecule has 2 aromatic heterocycles. The fraction of sp³-hybridized carbons (Fsp3) is 0.200. The van der Waals surface area contributed by atoms with Crippen molar-refractivity contribution in [3.05, 3.63) is 53.1 Å². The number of aromatic nitrogens is 3. The monoisotopic (exact) mass is 379 g/mol. The Hall–Kier alpha value is -2.83. The lowest BCUT2D eigenvalue weighted by molar-refractivity contribution is 0.0736. The Labute approximate surface area is 160 Å². The minimum absolute atomic E-state index is 0.0843. The quantitative estimate of drug-likeness (QED) is 0.499. The van der Waals surface area contributed by atoms with E-state index in [1.807, 2.05) is 47.4 Å². The van der Waals surface area contributed by atoms with E-state index in [1.54, 1.807) is 0 Å². The maximum Gasteiger partial charge on any atom is 0.253 e. The second-order valence-corrected chi connectivity index (χ2v) is 7.23. The molecule has 3 N–H and O–H groups in total. The zero-order chi connectivity index (χ0) is 18.4. The van der Waals surface area contributed by atoms with Gasteiger partial charge in [-0.25, -0.2) is 0 Å². The maximum atomic E-state index is 12.7. The van der Waals surface area contributed by atoms with Gasteiger partial charge in [0.05, 0.1) is 11.2 Å². The molecule has 0 spiro atoms. The molecule has 1 fully saturated rings. The van der Waals surface area contributed by atoms with Gasteiger partial charge in [-0.05, 0) is 42.5 Å². The van der Waals surface area contributed by atoms with Gasteiger partial charge in [-0.2, -0.15) is 5.10 Å². The summed E-state index contributed by atoms with van der Waals surface area (Å²) in [6, 6.07) is 13.5. The average molecular weight is 380 g/mol. The van der Waals surface area contributed by atoms with Gasteiger partial charge in [0.15, 0.2) is 0 Å². The smallest absolute Gasteiger partial charge is 0.253 e. The number of aromatic amines is 2. The number of benzene rings is 2. The molecule has 0 bridgehead atoms. The van der Waals surface area contributed by atoms with Gasteiger partial charge < -0.3 is 15.2 Å². The molecule has 4 aromatic rings. The number of carbonyl (C=O) groups is 1. The molecule has 136 valence electrons. The average Bonchev–Trinajstić information content (AvgIpc) is 3.30. The van der Waals surface area contributed by atoms with Crippen LogP contribution in [0.3, 0.4) is 0 Å². The van der Waals surface area contributed by atoms with Crippen LogP contribution in [0.4, 0.5) is 0 Å². The van der Waals surface area contributed by atoms with Gasteiger partial charge in [0.25, 0.3) is 5.91 Å². The van der Waals surface area contributed by atoms with Crippen molar-refractivity contribution in [2.75, 3.05) is 26.2 Å². The summed E-state index contributed by atoms with van der Waals surface area (Å²) in [5.74, 6) is 0.0843. The summed E-state index contributed by atoms with van der Waals surface area (Å²) < 4.78 is 0. The molecule has 7 heteroatoms. The van der Waals surface area contributed by atoms with Crippen LogP contribution in [0.25, 0.3) is 33.2 Å². The highest BCUT2D eigenvalue weighted by Crippen LogP contribution is 2.30. The topological polar surface area (TPSA) is 76.8 Å². The molecule has 0 saturated carbocycles. The molecule has 0 radical (unpaired) electrons. The zero-order valence-corrected chi connectivity index (χ0v) is 15.3. The molecule has 2 aromatic carbocycles. The molecule has 3 heterocycles. The van der Waals surface area contributed by atoms with Crippen molar-refractivity contribution in [3.8, 4) is 11.4 Å². The lowest BCUT2D eigenvalue weighted by Crippen LogP contribution is -2.46. The molecular weight excluding hydrogens is 362 g/mol. The number of amides is 1. The summed E-state index contributed by atoms with van der Waals surface area (Å²) in [5.41, 5.74) is 4.34. The normalized spacial score (nSPS) is 14.9. The Kier molecular flexibility index (Phi) is 3.88. The highest BCUT2D eigenvalue weighted by Gasteiger charge is 2.19. The van der Waals surface area contributed by atoms with E-state index in [4.69, 9.17) is 11.6 Å². The van der Waals surface area contributed by atoms with Crippen LogP contribution in [0.5, 0.6) is 0 Å². The maximum absolute atomic E-state index is 12.7. The van der Waals surface area contributed by atoms with Crippen molar-refractivity contribution in [1.29, 1.82) is 0 Å². The number of carbonyl (C=O) groups excluding carboxylic acids is 1. The number of rotatable bonds is 2. The van der Waals surface area contributed by atoms with E-state index >= 15 is 0 Å². The number of hydrogen-bond acceptors (Lipinski definition) is 3. The first kappa shape index (κ1) is 16.4. The Morgan fingerprint density at radius 1 is 1.04 bits per heavy atom. The van der Waals surface area contributed by atoms with Crippen LogP contribution >= 0.6 is 11.6 Å². The summed E-state index contributed by atoms with van der Waals surface area (Å²) in [6.45, 7) is 3.19. The van der Waals surface area contributed by atoms with Gasteiger partial charge in [0, 0.05) is 53.1 Å². The summed E-state index contributed by atoms with van der Waals surface area (Å²) in [7, 11) is 0. The van der Waals surface area contributed by atoms with Gasteiger partial charge >= 0.3 is 0 Å². The fourth-order valence-electron chi connectivity index (χ4n) is 3.64. The first-order valence-electron chi connectivity index (χ1n) is 8.96. The summed E-state index contributed by atoms with van der Waals surface area (Å²) in [6.07, 6.45) is 0. The number of H-pyrrole nitrogens is 2. The molecule has 1 saturated heterocycles. The third-order valence-electron chi connectivity index (χ3n) is 5.05. The highest BCUT2D eigenvalue weighted by molar-refractivity contribution is 6.31. The second kappa shape index (κ2) is 6.40. The standard InChI is InChI=1S/C20H18ClN5O/c21-14-2-3-15-17(11-14)24-25-19(15)18-10-13-9-12(1-4-16(13)23-18)20(27)26-7-5-22-6-8-26/h1-4,9-11,22-23H,5-8H2,(H,24,25). The molecule has 0 unspecified atom stereocenters. The van der Waals surface area contributed by atoms with Crippen LogP contribution in [0, 0.1) is 0 Å². The van der Waals surface area contributed by atoms with Crippen LogP contribution < -0.4 is 5.32 Å². The Bertz CT molecular complexity index is 1160. The number of fused-ring (bicyclic) bond motifs is 2. The molecule has 27 heavy (non-hydrogen) atoms. The minimum atomic E-state index is 0.0843. The Morgan fingerprint density at radius 2 is 1.89 bits per heavy atom. The van der Waals surface area contributed by atoms with E-state index in [2.05, 4.69) is 20.5 Å². The SMILES string of the molecule is O=C(c1ccc2[nH]c(-c3n[nH]c4cc(Cl)ccc34)cc2c1)N1CCNCC1. The van der Waals surface area contributed by atoms with Crippen molar-refractivity contribution in [2.45, 2.75) is 0 Å². The molecule has 1 amide bonds. The fourth-order valence-corrected chi connectivity index (χ4v) is 3.81. The van der Waals surface area contributed by atoms with Crippen LogP contribution in [0.2, 0.25) is 5.02 Å². The van der Waals surface area contributed by atoms with E-state index in [0.29, 0.717) is 10.6 Å². The predicted molar refractivity (Wildman–Crippen MR) is 107 cm³/mol. The van der Waals surface area contributed by atoms with Gasteiger partial charge in [-0.15, -0.1) is 0 Å². The molecule has 5 rings (SSSR count). The molecule has 6 nitrogen and oxygen atoms in total. The van der Waals surface area contributed by atoms with E-state index in [9.17, 15) is 4.79 Å². The van der Waals surface area contributed by atoms with E-state index < -0.39 is 0 Å². The second-order valence-electron chi connectivity index (χ2n) is 6.79. The molecule has 0 aliphatic carbocycles.